The highest BCUT2D eigenvalue weighted by molar-refractivity contribution is 6.36. The predicted octanol–water partition coefficient (Wildman–Crippen LogP) is 3.98. The molecule has 0 aromatic heterocycles. The minimum Gasteiger partial charge on any atom is -0.372 e. The number of halogens is 2. The van der Waals surface area contributed by atoms with Gasteiger partial charge in [-0.1, -0.05) is 29.3 Å². The largest absolute Gasteiger partial charge is 0.372 e. The van der Waals surface area contributed by atoms with Gasteiger partial charge in [0.2, 0.25) is 0 Å². The quantitative estimate of drug-likeness (QED) is 0.761. The van der Waals surface area contributed by atoms with Gasteiger partial charge in [-0.3, -0.25) is 0 Å². The SMILES string of the molecule is N#CC1CCCOC1c1c(Cl)cccc1Cl. The summed E-state index contributed by atoms with van der Waals surface area (Å²) >= 11 is 12.2. The van der Waals surface area contributed by atoms with Crippen molar-refractivity contribution in [3.8, 4) is 6.07 Å². The van der Waals surface area contributed by atoms with Gasteiger partial charge in [-0.05, 0) is 25.0 Å². The zero-order chi connectivity index (χ0) is 11.5. The van der Waals surface area contributed by atoms with Crippen molar-refractivity contribution < 1.29 is 4.74 Å². The van der Waals surface area contributed by atoms with E-state index in [-0.39, 0.29) is 12.0 Å². The fourth-order valence-corrected chi connectivity index (χ4v) is 2.59. The first-order chi connectivity index (χ1) is 7.74. The van der Waals surface area contributed by atoms with Gasteiger partial charge in [0, 0.05) is 22.2 Å². The van der Waals surface area contributed by atoms with Crippen LogP contribution in [0.25, 0.3) is 0 Å². The molecule has 1 fully saturated rings. The number of rotatable bonds is 1. The minimum absolute atomic E-state index is 0.161. The molecule has 84 valence electrons. The highest BCUT2D eigenvalue weighted by Gasteiger charge is 2.30. The molecule has 0 bridgehead atoms. The number of hydrogen-bond acceptors (Lipinski definition) is 2. The Labute approximate surface area is 105 Å². The van der Waals surface area contributed by atoms with Gasteiger partial charge in [0.05, 0.1) is 12.0 Å². The third kappa shape index (κ3) is 2.17. The normalized spacial score (nSPS) is 25.1. The van der Waals surface area contributed by atoms with Crippen molar-refractivity contribution in [2.45, 2.75) is 18.9 Å². The van der Waals surface area contributed by atoms with Gasteiger partial charge in [-0.25, -0.2) is 0 Å². The predicted molar refractivity (Wildman–Crippen MR) is 63.5 cm³/mol. The summed E-state index contributed by atoms with van der Waals surface area (Å²) in [6, 6.07) is 7.60. The molecule has 2 unspecified atom stereocenters. The van der Waals surface area contributed by atoms with Crippen molar-refractivity contribution in [2.24, 2.45) is 5.92 Å². The Balaban J connectivity index is 2.39. The van der Waals surface area contributed by atoms with Crippen LogP contribution in [0, 0.1) is 17.2 Å². The van der Waals surface area contributed by atoms with Crippen LogP contribution in [0.3, 0.4) is 0 Å². The van der Waals surface area contributed by atoms with Crippen molar-refractivity contribution in [1.82, 2.24) is 0 Å². The zero-order valence-corrected chi connectivity index (χ0v) is 10.1. The Morgan fingerprint density at radius 3 is 2.62 bits per heavy atom. The molecule has 1 aromatic rings. The second-order valence-electron chi connectivity index (χ2n) is 3.80. The van der Waals surface area contributed by atoms with Crippen LogP contribution in [-0.2, 0) is 4.74 Å². The summed E-state index contributed by atoms with van der Waals surface area (Å²) in [7, 11) is 0. The summed E-state index contributed by atoms with van der Waals surface area (Å²) in [5.41, 5.74) is 0.747. The van der Waals surface area contributed by atoms with E-state index < -0.39 is 0 Å². The molecule has 4 heteroatoms. The number of nitrogens with zero attached hydrogens (tertiary/aromatic N) is 1. The fourth-order valence-electron chi connectivity index (χ4n) is 1.98. The lowest BCUT2D eigenvalue weighted by atomic mass is 9.90. The summed E-state index contributed by atoms with van der Waals surface area (Å²) in [5.74, 6) is -0.161. The molecule has 2 nitrogen and oxygen atoms in total. The molecule has 0 radical (unpaired) electrons. The zero-order valence-electron chi connectivity index (χ0n) is 8.62. The first-order valence-corrected chi connectivity index (χ1v) is 5.94. The second-order valence-corrected chi connectivity index (χ2v) is 4.62. The molecule has 1 saturated heterocycles. The third-order valence-electron chi connectivity index (χ3n) is 2.77. The van der Waals surface area contributed by atoms with Crippen LogP contribution < -0.4 is 0 Å². The Morgan fingerprint density at radius 2 is 2.00 bits per heavy atom. The van der Waals surface area contributed by atoms with Gasteiger partial charge in [-0.2, -0.15) is 5.26 Å². The van der Waals surface area contributed by atoms with Gasteiger partial charge in [0.15, 0.2) is 0 Å². The molecular formula is C12H11Cl2NO. The van der Waals surface area contributed by atoms with Crippen molar-refractivity contribution in [2.75, 3.05) is 6.61 Å². The number of hydrogen-bond donors (Lipinski definition) is 0. The van der Waals surface area contributed by atoms with E-state index in [1.54, 1.807) is 18.2 Å². The Bertz CT molecular complexity index is 407. The topological polar surface area (TPSA) is 33.0 Å². The van der Waals surface area contributed by atoms with E-state index in [1.807, 2.05) is 0 Å². The van der Waals surface area contributed by atoms with Crippen molar-refractivity contribution in [3.63, 3.8) is 0 Å². The summed E-state index contributed by atoms with van der Waals surface area (Å²) in [6.07, 6.45) is 1.46. The van der Waals surface area contributed by atoms with Gasteiger partial charge in [-0.15, -0.1) is 0 Å². The second kappa shape index (κ2) is 5.05. The third-order valence-corrected chi connectivity index (χ3v) is 3.43. The molecular weight excluding hydrogens is 245 g/mol. The molecule has 1 aliphatic heterocycles. The maximum atomic E-state index is 9.09. The van der Waals surface area contributed by atoms with Crippen LogP contribution in [0.5, 0.6) is 0 Å². The van der Waals surface area contributed by atoms with Crippen LogP contribution in [0.1, 0.15) is 24.5 Å². The number of benzene rings is 1. The average Bonchev–Trinajstić information content (AvgIpc) is 2.29. The molecule has 0 saturated carbocycles. The van der Waals surface area contributed by atoms with Gasteiger partial charge < -0.3 is 4.74 Å². The highest BCUT2D eigenvalue weighted by Crippen LogP contribution is 2.40. The number of ether oxygens (including phenoxy) is 1. The lowest BCUT2D eigenvalue weighted by Gasteiger charge is -2.28. The molecule has 0 aliphatic carbocycles. The Morgan fingerprint density at radius 1 is 1.31 bits per heavy atom. The molecule has 0 N–H and O–H groups in total. The molecule has 1 heterocycles. The maximum Gasteiger partial charge on any atom is 0.101 e. The number of nitriles is 1. The Hall–Kier alpha value is -0.750. The Kier molecular flexibility index (Phi) is 3.70. The smallest absolute Gasteiger partial charge is 0.101 e. The maximum absolute atomic E-state index is 9.09. The molecule has 2 rings (SSSR count). The average molecular weight is 256 g/mol. The van der Waals surface area contributed by atoms with E-state index in [0.29, 0.717) is 16.7 Å². The minimum atomic E-state index is -0.292. The summed E-state index contributed by atoms with van der Waals surface area (Å²) in [4.78, 5) is 0. The summed E-state index contributed by atoms with van der Waals surface area (Å²) in [5, 5.41) is 10.2. The molecule has 1 aromatic carbocycles. The van der Waals surface area contributed by atoms with Crippen molar-refractivity contribution >= 4 is 23.2 Å². The van der Waals surface area contributed by atoms with E-state index >= 15 is 0 Å². The lowest BCUT2D eigenvalue weighted by molar-refractivity contribution is -0.0100. The molecule has 16 heavy (non-hydrogen) atoms. The van der Waals surface area contributed by atoms with E-state index in [1.165, 1.54) is 0 Å². The van der Waals surface area contributed by atoms with E-state index in [4.69, 9.17) is 33.2 Å². The van der Waals surface area contributed by atoms with Crippen LogP contribution >= 0.6 is 23.2 Å². The van der Waals surface area contributed by atoms with E-state index in [9.17, 15) is 0 Å². The van der Waals surface area contributed by atoms with Gasteiger partial charge in [0.25, 0.3) is 0 Å². The molecule has 2 atom stereocenters. The first-order valence-electron chi connectivity index (χ1n) is 5.19. The van der Waals surface area contributed by atoms with Crippen molar-refractivity contribution in [3.05, 3.63) is 33.8 Å². The standard InChI is InChI=1S/C12H11Cl2NO/c13-9-4-1-5-10(14)11(9)12-8(7-15)3-2-6-16-12/h1,4-5,8,12H,2-3,6H2. The van der Waals surface area contributed by atoms with Gasteiger partial charge >= 0.3 is 0 Å². The highest BCUT2D eigenvalue weighted by atomic mass is 35.5. The van der Waals surface area contributed by atoms with Crippen LogP contribution in [0.2, 0.25) is 10.0 Å². The fraction of sp³-hybridized carbons (Fsp3) is 0.417. The van der Waals surface area contributed by atoms with Crippen LogP contribution in [-0.4, -0.2) is 6.61 Å². The van der Waals surface area contributed by atoms with E-state index in [2.05, 4.69) is 6.07 Å². The molecule has 0 amide bonds. The first kappa shape index (κ1) is 11.7. The summed E-state index contributed by atoms with van der Waals surface area (Å²) in [6.45, 7) is 0.657. The van der Waals surface area contributed by atoms with E-state index in [0.717, 1.165) is 18.4 Å². The monoisotopic (exact) mass is 255 g/mol. The van der Waals surface area contributed by atoms with Crippen molar-refractivity contribution in [1.29, 1.82) is 5.26 Å². The molecule has 1 aliphatic rings. The summed E-state index contributed by atoms with van der Waals surface area (Å²) < 4.78 is 5.64. The molecule has 0 spiro atoms. The van der Waals surface area contributed by atoms with Crippen LogP contribution in [0.15, 0.2) is 18.2 Å². The van der Waals surface area contributed by atoms with Gasteiger partial charge in [0.1, 0.15) is 6.10 Å². The lowest BCUT2D eigenvalue weighted by Crippen LogP contribution is -2.22. The van der Waals surface area contributed by atoms with Crippen LogP contribution in [0.4, 0.5) is 0 Å².